The first-order valence-corrected chi connectivity index (χ1v) is 9.52. The third kappa shape index (κ3) is 4.57. The maximum absolute atomic E-state index is 6.14. The summed E-state index contributed by atoms with van der Waals surface area (Å²) in [6.45, 7) is 7.86. The van der Waals surface area contributed by atoms with Crippen LogP contribution in [-0.2, 0) is 17.8 Å². The summed E-state index contributed by atoms with van der Waals surface area (Å²) in [6, 6.07) is 16.3. The molecule has 1 fully saturated rings. The predicted octanol–water partition coefficient (Wildman–Crippen LogP) is 3.98. The summed E-state index contributed by atoms with van der Waals surface area (Å²) < 4.78 is 17.9. The topological polar surface area (TPSA) is 39.7 Å². The highest BCUT2D eigenvalue weighted by molar-refractivity contribution is 5.40. The number of hydrogen-bond donors (Lipinski definition) is 1. The number of hydrogen-bond acceptors (Lipinski definition) is 4. The van der Waals surface area contributed by atoms with Crippen LogP contribution in [0.2, 0.25) is 0 Å². The van der Waals surface area contributed by atoms with Crippen LogP contribution in [0.3, 0.4) is 0 Å². The van der Waals surface area contributed by atoms with Crippen molar-refractivity contribution in [2.75, 3.05) is 26.3 Å². The maximum Gasteiger partial charge on any atom is 0.161 e. The van der Waals surface area contributed by atoms with Crippen LogP contribution in [0.5, 0.6) is 11.5 Å². The van der Waals surface area contributed by atoms with Crippen LogP contribution >= 0.6 is 0 Å². The number of ether oxygens (including phenoxy) is 3. The van der Waals surface area contributed by atoms with E-state index in [-0.39, 0.29) is 5.60 Å². The number of para-hydroxylation sites is 2. The molecule has 0 bridgehead atoms. The predicted molar refractivity (Wildman–Crippen MR) is 104 cm³/mol. The molecule has 1 heterocycles. The van der Waals surface area contributed by atoms with E-state index in [0.29, 0.717) is 13.2 Å². The van der Waals surface area contributed by atoms with Crippen molar-refractivity contribution in [1.82, 2.24) is 5.32 Å². The lowest BCUT2D eigenvalue weighted by Crippen LogP contribution is -2.38. The first kappa shape index (κ1) is 18.7. The Morgan fingerprint density at radius 2 is 1.58 bits per heavy atom. The summed E-state index contributed by atoms with van der Waals surface area (Å²) in [5, 5.41) is 3.44. The molecule has 0 aliphatic carbocycles. The average molecular weight is 355 g/mol. The summed E-state index contributed by atoms with van der Waals surface area (Å²) in [5.74, 6) is 1.57. The lowest BCUT2D eigenvalue weighted by molar-refractivity contribution is -0.0233. The molecular formula is C22H29NO3. The van der Waals surface area contributed by atoms with Crippen LogP contribution in [0.25, 0.3) is 0 Å². The van der Waals surface area contributed by atoms with Crippen LogP contribution < -0.4 is 14.8 Å². The van der Waals surface area contributed by atoms with E-state index in [1.165, 1.54) is 11.1 Å². The van der Waals surface area contributed by atoms with Gasteiger partial charge < -0.3 is 19.5 Å². The molecule has 26 heavy (non-hydrogen) atoms. The molecule has 3 rings (SSSR count). The van der Waals surface area contributed by atoms with Gasteiger partial charge >= 0.3 is 0 Å². The molecule has 1 saturated heterocycles. The fourth-order valence-corrected chi connectivity index (χ4v) is 3.57. The van der Waals surface area contributed by atoms with Gasteiger partial charge in [0.05, 0.1) is 12.2 Å². The van der Waals surface area contributed by atoms with Gasteiger partial charge in [0.1, 0.15) is 6.61 Å². The summed E-state index contributed by atoms with van der Waals surface area (Å²) >= 11 is 0. The van der Waals surface area contributed by atoms with Gasteiger partial charge in [-0.3, -0.25) is 0 Å². The molecule has 0 radical (unpaired) electrons. The highest BCUT2D eigenvalue weighted by atomic mass is 16.5. The van der Waals surface area contributed by atoms with E-state index in [1.807, 2.05) is 31.2 Å². The molecule has 0 saturated carbocycles. The number of benzene rings is 2. The fourth-order valence-electron chi connectivity index (χ4n) is 3.57. The SMILES string of the molecule is CCOc1ccccc1OCc1ccccc1CC1(OCC)CCNC1. The Hall–Kier alpha value is -2.04. The molecule has 1 aliphatic rings. The molecule has 1 N–H and O–H groups in total. The Labute approximate surface area is 156 Å². The standard InChI is InChI=1S/C22H29NO3/c1-3-24-20-11-7-8-12-21(20)25-16-19-10-6-5-9-18(19)15-22(26-4-2)13-14-23-17-22/h5-12,23H,3-4,13-17H2,1-2H3. The summed E-state index contributed by atoms with van der Waals surface area (Å²) in [7, 11) is 0. The normalized spacial score (nSPS) is 19.5. The van der Waals surface area contributed by atoms with Crippen molar-refractivity contribution in [2.24, 2.45) is 0 Å². The zero-order valence-corrected chi connectivity index (χ0v) is 15.8. The summed E-state index contributed by atoms with van der Waals surface area (Å²) in [6.07, 6.45) is 1.95. The van der Waals surface area contributed by atoms with Crippen LogP contribution in [0.15, 0.2) is 48.5 Å². The first-order valence-electron chi connectivity index (χ1n) is 9.52. The molecule has 0 amide bonds. The van der Waals surface area contributed by atoms with Gasteiger partial charge in [-0.15, -0.1) is 0 Å². The molecule has 140 valence electrons. The Morgan fingerprint density at radius 3 is 2.23 bits per heavy atom. The van der Waals surface area contributed by atoms with Gasteiger partial charge in [0.25, 0.3) is 0 Å². The van der Waals surface area contributed by atoms with E-state index < -0.39 is 0 Å². The molecule has 1 unspecified atom stereocenters. The Kier molecular flexibility index (Phi) is 6.53. The van der Waals surface area contributed by atoms with E-state index in [4.69, 9.17) is 14.2 Å². The second kappa shape index (κ2) is 9.06. The maximum atomic E-state index is 6.14. The Bertz CT molecular complexity index is 695. The third-order valence-corrected chi connectivity index (χ3v) is 4.82. The van der Waals surface area contributed by atoms with Gasteiger partial charge in [-0.2, -0.15) is 0 Å². The second-order valence-electron chi connectivity index (χ2n) is 6.66. The van der Waals surface area contributed by atoms with Crippen molar-refractivity contribution in [3.8, 4) is 11.5 Å². The average Bonchev–Trinajstić information content (AvgIpc) is 3.11. The van der Waals surface area contributed by atoms with Gasteiger partial charge in [0.15, 0.2) is 11.5 Å². The molecular weight excluding hydrogens is 326 g/mol. The summed E-state index contributed by atoms with van der Waals surface area (Å²) in [4.78, 5) is 0. The van der Waals surface area contributed by atoms with E-state index >= 15 is 0 Å². The monoisotopic (exact) mass is 355 g/mol. The van der Waals surface area contributed by atoms with E-state index in [9.17, 15) is 0 Å². The quantitative estimate of drug-likeness (QED) is 0.739. The van der Waals surface area contributed by atoms with Gasteiger partial charge in [0, 0.05) is 19.6 Å². The Balaban J connectivity index is 1.73. The highest BCUT2D eigenvalue weighted by Gasteiger charge is 2.35. The van der Waals surface area contributed by atoms with E-state index in [2.05, 4.69) is 36.5 Å². The van der Waals surface area contributed by atoms with Gasteiger partial charge in [-0.05, 0) is 50.1 Å². The van der Waals surface area contributed by atoms with Crippen LogP contribution in [0, 0.1) is 0 Å². The molecule has 0 spiro atoms. The van der Waals surface area contributed by atoms with Crippen molar-refractivity contribution in [2.45, 2.75) is 38.9 Å². The van der Waals surface area contributed by atoms with Crippen molar-refractivity contribution in [1.29, 1.82) is 0 Å². The lowest BCUT2D eigenvalue weighted by atomic mass is 9.91. The molecule has 1 aliphatic heterocycles. The van der Waals surface area contributed by atoms with Crippen molar-refractivity contribution >= 4 is 0 Å². The highest BCUT2D eigenvalue weighted by Crippen LogP contribution is 2.29. The van der Waals surface area contributed by atoms with Crippen molar-refractivity contribution in [3.05, 3.63) is 59.7 Å². The second-order valence-corrected chi connectivity index (χ2v) is 6.66. The fraction of sp³-hybridized carbons (Fsp3) is 0.455. The van der Waals surface area contributed by atoms with Gasteiger partial charge in [-0.1, -0.05) is 36.4 Å². The molecule has 0 aromatic heterocycles. The zero-order chi connectivity index (χ0) is 18.2. The minimum Gasteiger partial charge on any atom is -0.490 e. The van der Waals surface area contributed by atoms with Crippen LogP contribution in [-0.4, -0.2) is 31.9 Å². The summed E-state index contributed by atoms with van der Waals surface area (Å²) in [5.41, 5.74) is 2.39. The van der Waals surface area contributed by atoms with Gasteiger partial charge in [-0.25, -0.2) is 0 Å². The van der Waals surface area contributed by atoms with Gasteiger partial charge in [0.2, 0.25) is 0 Å². The Morgan fingerprint density at radius 1 is 0.885 bits per heavy atom. The van der Waals surface area contributed by atoms with Crippen LogP contribution in [0.1, 0.15) is 31.4 Å². The minimum absolute atomic E-state index is 0.103. The molecule has 4 nitrogen and oxygen atoms in total. The number of nitrogens with one attached hydrogen (secondary N) is 1. The van der Waals surface area contributed by atoms with Crippen molar-refractivity contribution in [3.63, 3.8) is 0 Å². The molecule has 1 atom stereocenters. The number of rotatable bonds is 9. The van der Waals surface area contributed by atoms with Crippen LogP contribution in [0.4, 0.5) is 0 Å². The smallest absolute Gasteiger partial charge is 0.161 e. The van der Waals surface area contributed by atoms with Crippen molar-refractivity contribution < 1.29 is 14.2 Å². The zero-order valence-electron chi connectivity index (χ0n) is 15.8. The molecule has 2 aromatic rings. The molecule has 2 aromatic carbocycles. The van der Waals surface area contributed by atoms with E-state index in [1.54, 1.807) is 0 Å². The molecule has 4 heteroatoms. The minimum atomic E-state index is -0.103. The third-order valence-electron chi connectivity index (χ3n) is 4.82. The lowest BCUT2D eigenvalue weighted by Gasteiger charge is -2.29. The largest absolute Gasteiger partial charge is 0.490 e. The van der Waals surface area contributed by atoms with E-state index in [0.717, 1.165) is 44.0 Å². The first-order chi connectivity index (χ1) is 12.8.